The lowest BCUT2D eigenvalue weighted by atomic mass is 10.1. The summed E-state index contributed by atoms with van der Waals surface area (Å²) >= 11 is 0. The van der Waals surface area contributed by atoms with Crippen molar-refractivity contribution in [1.82, 2.24) is 10.2 Å². The van der Waals surface area contributed by atoms with Crippen molar-refractivity contribution >= 4 is 24.0 Å². The van der Waals surface area contributed by atoms with Crippen LogP contribution in [-0.2, 0) is 20.9 Å². The highest BCUT2D eigenvalue weighted by Crippen LogP contribution is 2.19. The van der Waals surface area contributed by atoms with E-state index in [0.717, 1.165) is 10.5 Å². The van der Waals surface area contributed by atoms with Crippen molar-refractivity contribution < 1.29 is 23.9 Å². The Labute approximate surface area is 162 Å². The normalized spacial score (nSPS) is 14.9. The standard InChI is InChI=1S/C21H20N2O5/c1-2-27-19(24)14-28-17-10-8-15(9-11-17)12-18-20(25)23(21(26)22-18)13-16-6-4-3-5-7-16/h3-12H,2,13-14H2,1H3,(H,22,26)/b18-12-. The van der Waals surface area contributed by atoms with Gasteiger partial charge in [-0.15, -0.1) is 0 Å². The van der Waals surface area contributed by atoms with Crippen LogP contribution >= 0.6 is 0 Å². The fourth-order valence-electron chi connectivity index (χ4n) is 2.65. The number of nitrogens with one attached hydrogen (secondary N) is 1. The molecular formula is C21H20N2O5. The van der Waals surface area contributed by atoms with E-state index in [1.54, 1.807) is 37.3 Å². The number of hydrogen-bond donors (Lipinski definition) is 1. The van der Waals surface area contributed by atoms with Crippen LogP contribution in [-0.4, -0.2) is 36.0 Å². The summed E-state index contributed by atoms with van der Waals surface area (Å²) in [7, 11) is 0. The van der Waals surface area contributed by atoms with E-state index in [-0.39, 0.29) is 24.8 Å². The molecule has 0 saturated carbocycles. The quantitative estimate of drug-likeness (QED) is 0.454. The van der Waals surface area contributed by atoms with Crippen LogP contribution in [0.15, 0.2) is 60.3 Å². The monoisotopic (exact) mass is 380 g/mol. The predicted molar refractivity (Wildman–Crippen MR) is 102 cm³/mol. The molecule has 0 bridgehead atoms. The first kappa shape index (κ1) is 19.2. The van der Waals surface area contributed by atoms with Crippen LogP contribution in [0.3, 0.4) is 0 Å². The van der Waals surface area contributed by atoms with Crippen molar-refractivity contribution in [2.75, 3.05) is 13.2 Å². The second kappa shape index (κ2) is 8.85. The summed E-state index contributed by atoms with van der Waals surface area (Å²) in [6, 6.07) is 15.7. The molecule has 1 heterocycles. The second-order valence-electron chi connectivity index (χ2n) is 6.03. The molecule has 1 aliphatic rings. The summed E-state index contributed by atoms with van der Waals surface area (Å²) in [4.78, 5) is 37.1. The third-order valence-corrected chi connectivity index (χ3v) is 4.00. The molecule has 3 rings (SSSR count). The number of carbonyl (C=O) groups excluding carboxylic acids is 3. The maximum Gasteiger partial charge on any atom is 0.344 e. The zero-order chi connectivity index (χ0) is 19.9. The van der Waals surface area contributed by atoms with Crippen LogP contribution in [0.4, 0.5) is 4.79 Å². The van der Waals surface area contributed by atoms with Gasteiger partial charge in [0.05, 0.1) is 13.2 Å². The van der Waals surface area contributed by atoms with E-state index in [1.165, 1.54) is 0 Å². The molecule has 0 unspecified atom stereocenters. The summed E-state index contributed by atoms with van der Waals surface area (Å²) in [6.07, 6.45) is 1.60. The van der Waals surface area contributed by atoms with E-state index in [2.05, 4.69) is 5.32 Å². The van der Waals surface area contributed by atoms with Gasteiger partial charge in [-0.1, -0.05) is 42.5 Å². The number of benzene rings is 2. The molecule has 28 heavy (non-hydrogen) atoms. The minimum Gasteiger partial charge on any atom is -0.482 e. The number of imide groups is 1. The summed E-state index contributed by atoms with van der Waals surface area (Å²) in [5.41, 5.74) is 1.80. The lowest BCUT2D eigenvalue weighted by molar-refractivity contribution is -0.145. The molecule has 0 aromatic heterocycles. The number of ether oxygens (including phenoxy) is 2. The van der Waals surface area contributed by atoms with Gasteiger partial charge in [0.25, 0.3) is 5.91 Å². The first-order chi connectivity index (χ1) is 13.6. The Balaban J connectivity index is 1.64. The van der Waals surface area contributed by atoms with E-state index < -0.39 is 12.0 Å². The Morgan fingerprint density at radius 2 is 1.79 bits per heavy atom. The summed E-state index contributed by atoms with van der Waals surface area (Å²) in [5.74, 6) is -0.314. The number of nitrogens with zero attached hydrogens (tertiary/aromatic N) is 1. The Hall–Kier alpha value is -3.61. The second-order valence-corrected chi connectivity index (χ2v) is 6.03. The average Bonchev–Trinajstić information content (AvgIpc) is 2.96. The van der Waals surface area contributed by atoms with Gasteiger partial charge in [-0.2, -0.15) is 0 Å². The largest absolute Gasteiger partial charge is 0.482 e. The maximum absolute atomic E-state index is 12.5. The third-order valence-electron chi connectivity index (χ3n) is 4.00. The zero-order valence-electron chi connectivity index (χ0n) is 15.4. The van der Waals surface area contributed by atoms with Gasteiger partial charge in [-0.3, -0.25) is 9.69 Å². The average molecular weight is 380 g/mol. The lowest BCUT2D eigenvalue weighted by Gasteiger charge is -2.11. The minimum absolute atomic E-state index is 0.169. The number of urea groups is 1. The smallest absolute Gasteiger partial charge is 0.344 e. The molecule has 1 fully saturated rings. The van der Waals surface area contributed by atoms with Gasteiger partial charge in [0.1, 0.15) is 11.4 Å². The van der Waals surface area contributed by atoms with Crippen LogP contribution in [0.5, 0.6) is 5.75 Å². The highest BCUT2D eigenvalue weighted by atomic mass is 16.6. The summed E-state index contributed by atoms with van der Waals surface area (Å²) in [5, 5.41) is 2.60. The molecule has 1 N–H and O–H groups in total. The highest BCUT2D eigenvalue weighted by Gasteiger charge is 2.33. The van der Waals surface area contributed by atoms with Crippen molar-refractivity contribution in [3.63, 3.8) is 0 Å². The Kier molecular flexibility index (Phi) is 6.06. The van der Waals surface area contributed by atoms with E-state index >= 15 is 0 Å². The van der Waals surface area contributed by atoms with Gasteiger partial charge >= 0.3 is 12.0 Å². The molecule has 2 aromatic rings. The number of carbonyl (C=O) groups is 3. The Morgan fingerprint density at radius 3 is 2.46 bits per heavy atom. The minimum atomic E-state index is -0.450. The SMILES string of the molecule is CCOC(=O)COc1ccc(/C=C2\NC(=O)N(Cc3ccccc3)C2=O)cc1. The van der Waals surface area contributed by atoms with Gasteiger partial charge in [-0.05, 0) is 36.3 Å². The van der Waals surface area contributed by atoms with Crippen LogP contribution in [0.25, 0.3) is 6.08 Å². The van der Waals surface area contributed by atoms with Crippen molar-refractivity contribution in [3.05, 3.63) is 71.4 Å². The van der Waals surface area contributed by atoms with E-state index in [0.29, 0.717) is 17.9 Å². The first-order valence-corrected chi connectivity index (χ1v) is 8.84. The topological polar surface area (TPSA) is 84.9 Å². The van der Waals surface area contributed by atoms with Crippen molar-refractivity contribution in [2.24, 2.45) is 0 Å². The summed E-state index contributed by atoms with van der Waals surface area (Å²) < 4.78 is 10.1. The molecule has 2 aromatic carbocycles. The first-order valence-electron chi connectivity index (χ1n) is 8.84. The third kappa shape index (κ3) is 4.76. The van der Waals surface area contributed by atoms with Crippen molar-refractivity contribution in [2.45, 2.75) is 13.5 Å². The molecular weight excluding hydrogens is 360 g/mol. The molecule has 144 valence electrons. The van der Waals surface area contributed by atoms with Gasteiger partial charge in [0.15, 0.2) is 6.61 Å². The van der Waals surface area contributed by atoms with E-state index in [1.807, 2.05) is 30.3 Å². The van der Waals surface area contributed by atoms with Gasteiger partial charge in [0, 0.05) is 0 Å². The van der Waals surface area contributed by atoms with Crippen molar-refractivity contribution in [1.29, 1.82) is 0 Å². The van der Waals surface area contributed by atoms with Crippen LogP contribution in [0.2, 0.25) is 0 Å². The van der Waals surface area contributed by atoms with Crippen molar-refractivity contribution in [3.8, 4) is 5.75 Å². The number of esters is 1. The number of rotatable bonds is 7. The lowest BCUT2D eigenvalue weighted by Crippen LogP contribution is -2.30. The molecule has 1 aliphatic heterocycles. The zero-order valence-corrected chi connectivity index (χ0v) is 15.4. The fraction of sp³-hybridized carbons (Fsp3) is 0.190. The molecule has 7 nitrogen and oxygen atoms in total. The molecule has 0 spiro atoms. The molecule has 1 saturated heterocycles. The fourth-order valence-corrected chi connectivity index (χ4v) is 2.65. The van der Waals surface area contributed by atoms with Crippen LogP contribution in [0.1, 0.15) is 18.1 Å². The molecule has 7 heteroatoms. The van der Waals surface area contributed by atoms with Crippen LogP contribution < -0.4 is 10.1 Å². The summed E-state index contributed by atoms with van der Waals surface area (Å²) in [6.45, 7) is 2.07. The van der Waals surface area contributed by atoms with Gasteiger partial charge in [-0.25, -0.2) is 9.59 Å². The number of amides is 3. The number of hydrogen-bond acceptors (Lipinski definition) is 5. The molecule has 0 radical (unpaired) electrons. The van der Waals surface area contributed by atoms with E-state index in [9.17, 15) is 14.4 Å². The van der Waals surface area contributed by atoms with Crippen LogP contribution in [0, 0.1) is 0 Å². The highest BCUT2D eigenvalue weighted by molar-refractivity contribution is 6.13. The Morgan fingerprint density at radius 1 is 1.07 bits per heavy atom. The van der Waals surface area contributed by atoms with Gasteiger partial charge in [0.2, 0.25) is 0 Å². The molecule has 0 aliphatic carbocycles. The van der Waals surface area contributed by atoms with Gasteiger partial charge < -0.3 is 14.8 Å². The maximum atomic E-state index is 12.5. The Bertz CT molecular complexity index is 891. The van der Waals surface area contributed by atoms with E-state index in [4.69, 9.17) is 9.47 Å². The molecule has 3 amide bonds. The predicted octanol–water partition coefficient (Wildman–Crippen LogP) is 2.72. The molecule has 0 atom stereocenters.